The Labute approximate surface area is 151 Å². The first-order valence-electron chi connectivity index (χ1n) is 8.46. The van der Waals surface area contributed by atoms with E-state index in [4.69, 9.17) is 9.51 Å². The Bertz CT molecular complexity index is 1030. The zero-order chi connectivity index (χ0) is 17.9. The van der Waals surface area contributed by atoms with E-state index in [1.807, 2.05) is 56.4 Å². The zero-order valence-corrected chi connectivity index (χ0v) is 14.8. The van der Waals surface area contributed by atoms with Crippen LogP contribution in [0.3, 0.4) is 0 Å². The van der Waals surface area contributed by atoms with Crippen molar-refractivity contribution >= 4 is 11.0 Å². The first-order chi connectivity index (χ1) is 12.7. The molecule has 0 saturated carbocycles. The first-order valence-corrected chi connectivity index (χ1v) is 8.46. The summed E-state index contributed by atoms with van der Waals surface area (Å²) in [6.07, 6.45) is 3.49. The Morgan fingerprint density at radius 1 is 0.962 bits per heavy atom. The Morgan fingerprint density at radius 2 is 1.69 bits per heavy atom. The molecule has 0 bridgehead atoms. The van der Waals surface area contributed by atoms with Crippen LogP contribution in [0, 0.1) is 6.92 Å². The van der Waals surface area contributed by atoms with E-state index in [0.717, 1.165) is 39.4 Å². The van der Waals surface area contributed by atoms with Gasteiger partial charge in [-0.1, -0.05) is 17.3 Å². The lowest BCUT2D eigenvalue weighted by Gasteiger charge is -2.15. The van der Waals surface area contributed by atoms with Crippen molar-refractivity contribution in [2.45, 2.75) is 20.0 Å². The maximum absolute atomic E-state index is 5.48. The second-order valence-corrected chi connectivity index (χ2v) is 6.33. The number of aryl methyl sites for hydroxylation is 1. The van der Waals surface area contributed by atoms with Crippen LogP contribution in [0.1, 0.15) is 17.1 Å². The summed E-state index contributed by atoms with van der Waals surface area (Å²) in [5.41, 5.74) is 5.58. The number of hydrogen-bond acceptors (Lipinski definition) is 6. The summed E-state index contributed by atoms with van der Waals surface area (Å²) < 4.78 is 5.48. The average Bonchev–Trinajstić information content (AvgIpc) is 3.11. The molecule has 1 aromatic carbocycles. The monoisotopic (exact) mass is 345 g/mol. The molecule has 0 radical (unpaired) electrons. The molecule has 3 heterocycles. The lowest BCUT2D eigenvalue weighted by molar-refractivity contribution is 0.264. The molecule has 6 heteroatoms. The molecule has 0 spiro atoms. The van der Waals surface area contributed by atoms with Crippen LogP contribution in [0.25, 0.3) is 22.3 Å². The summed E-state index contributed by atoms with van der Waals surface area (Å²) >= 11 is 0. The number of hydrogen-bond donors (Lipinski definition) is 0. The molecule has 4 rings (SSSR count). The SMILES string of the molecule is Cc1nc2ccccc2nc1CN(C)Cc1cc(-c2ccncc2)no1. The fourth-order valence-corrected chi connectivity index (χ4v) is 2.90. The van der Waals surface area contributed by atoms with Gasteiger partial charge in [0.05, 0.1) is 29.0 Å². The second-order valence-electron chi connectivity index (χ2n) is 6.33. The van der Waals surface area contributed by atoms with Crippen LogP contribution in [0.2, 0.25) is 0 Å². The van der Waals surface area contributed by atoms with Crippen LogP contribution in [0.15, 0.2) is 59.4 Å². The fraction of sp³-hybridized carbons (Fsp3) is 0.200. The van der Waals surface area contributed by atoms with E-state index in [1.165, 1.54) is 0 Å². The third-order valence-corrected chi connectivity index (χ3v) is 4.22. The van der Waals surface area contributed by atoms with Gasteiger partial charge in [-0.15, -0.1) is 0 Å². The smallest absolute Gasteiger partial charge is 0.151 e. The van der Waals surface area contributed by atoms with Gasteiger partial charge in [-0.3, -0.25) is 9.88 Å². The normalized spacial score (nSPS) is 11.3. The summed E-state index contributed by atoms with van der Waals surface area (Å²) in [5.74, 6) is 0.811. The number of nitrogens with zero attached hydrogens (tertiary/aromatic N) is 5. The van der Waals surface area contributed by atoms with Crippen LogP contribution >= 0.6 is 0 Å². The van der Waals surface area contributed by atoms with Crippen molar-refractivity contribution in [3.63, 3.8) is 0 Å². The van der Waals surface area contributed by atoms with Gasteiger partial charge in [0.2, 0.25) is 0 Å². The number of aromatic nitrogens is 4. The van der Waals surface area contributed by atoms with Crippen molar-refractivity contribution in [2.24, 2.45) is 0 Å². The topological polar surface area (TPSA) is 67.9 Å². The van der Waals surface area contributed by atoms with Gasteiger partial charge in [-0.2, -0.15) is 0 Å². The van der Waals surface area contributed by atoms with Crippen molar-refractivity contribution in [2.75, 3.05) is 7.05 Å². The third-order valence-electron chi connectivity index (χ3n) is 4.22. The molecule has 3 aromatic heterocycles. The maximum atomic E-state index is 5.48. The highest BCUT2D eigenvalue weighted by Gasteiger charge is 2.12. The number of benzene rings is 1. The van der Waals surface area contributed by atoms with Gasteiger partial charge in [-0.25, -0.2) is 9.97 Å². The van der Waals surface area contributed by atoms with E-state index in [1.54, 1.807) is 12.4 Å². The predicted molar refractivity (Wildman–Crippen MR) is 99.2 cm³/mol. The molecule has 0 aliphatic rings. The Morgan fingerprint density at radius 3 is 2.46 bits per heavy atom. The fourth-order valence-electron chi connectivity index (χ4n) is 2.90. The van der Waals surface area contributed by atoms with Gasteiger partial charge in [0.25, 0.3) is 0 Å². The lowest BCUT2D eigenvalue weighted by atomic mass is 10.2. The van der Waals surface area contributed by atoms with Gasteiger partial charge >= 0.3 is 0 Å². The Balaban J connectivity index is 1.48. The minimum absolute atomic E-state index is 0.645. The van der Waals surface area contributed by atoms with E-state index >= 15 is 0 Å². The second kappa shape index (κ2) is 7.01. The molecular weight excluding hydrogens is 326 g/mol. The molecule has 4 aromatic rings. The summed E-state index contributed by atoms with van der Waals surface area (Å²) in [6.45, 7) is 3.33. The molecule has 0 unspecified atom stereocenters. The van der Waals surface area contributed by atoms with Crippen LogP contribution in [0.5, 0.6) is 0 Å². The quantitative estimate of drug-likeness (QED) is 0.550. The molecular formula is C20H19N5O. The number of para-hydroxylation sites is 2. The van der Waals surface area contributed by atoms with Crippen LogP contribution in [0.4, 0.5) is 0 Å². The van der Waals surface area contributed by atoms with Crippen molar-refractivity contribution in [1.82, 2.24) is 25.0 Å². The van der Waals surface area contributed by atoms with Crippen LogP contribution < -0.4 is 0 Å². The highest BCUT2D eigenvalue weighted by atomic mass is 16.5. The van der Waals surface area contributed by atoms with Crippen LogP contribution in [-0.4, -0.2) is 32.1 Å². The van der Waals surface area contributed by atoms with Gasteiger partial charge < -0.3 is 4.52 Å². The molecule has 0 N–H and O–H groups in total. The predicted octanol–water partition coefficient (Wildman–Crippen LogP) is 3.62. The van der Waals surface area contributed by atoms with E-state index in [2.05, 4.69) is 20.0 Å². The summed E-state index contributed by atoms with van der Waals surface area (Å²) in [4.78, 5) is 15.6. The summed E-state index contributed by atoms with van der Waals surface area (Å²) in [7, 11) is 2.03. The van der Waals surface area contributed by atoms with Gasteiger partial charge in [-0.05, 0) is 38.2 Å². The number of pyridine rings is 1. The summed E-state index contributed by atoms with van der Waals surface area (Å²) in [6, 6.07) is 13.7. The molecule has 0 amide bonds. The van der Waals surface area contributed by atoms with E-state index < -0.39 is 0 Å². The van der Waals surface area contributed by atoms with E-state index in [9.17, 15) is 0 Å². The Hall–Kier alpha value is -3.12. The van der Waals surface area contributed by atoms with Gasteiger partial charge in [0, 0.05) is 30.6 Å². The molecule has 0 aliphatic carbocycles. The lowest BCUT2D eigenvalue weighted by Crippen LogP contribution is -2.19. The molecule has 26 heavy (non-hydrogen) atoms. The minimum Gasteiger partial charge on any atom is -0.359 e. The largest absolute Gasteiger partial charge is 0.359 e. The van der Waals surface area contributed by atoms with Crippen molar-refractivity contribution in [3.8, 4) is 11.3 Å². The van der Waals surface area contributed by atoms with Gasteiger partial charge in [0.1, 0.15) is 5.69 Å². The summed E-state index contributed by atoms with van der Waals surface area (Å²) in [5, 5.41) is 4.15. The van der Waals surface area contributed by atoms with Crippen LogP contribution in [-0.2, 0) is 13.1 Å². The first kappa shape index (κ1) is 16.4. The third kappa shape index (κ3) is 3.45. The molecule has 6 nitrogen and oxygen atoms in total. The van der Waals surface area contributed by atoms with Crippen molar-refractivity contribution in [3.05, 3.63) is 72.0 Å². The molecule has 0 atom stereocenters. The standard InChI is InChI=1S/C20H19N5O/c1-14-20(23-18-6-4-3-5-17(18)22-14)13-25(2)12-16-11-19(24-26-16)15-7-9-21-10-8-15/h3-11H,12-13H2,1-2H3. The molecule has 0 aliphatic heterocycles. The highest BCUT2D eigenvalue weighted by molar-refractivity contribution is 5.74. The minimum atomic E-state index is 0.645. The van der Waals surface area contributed by atoms with Gasteiger partial charge in [0.15, 0.2) is 5.76 Å². The molecule has 0 saturated heterocycles. The van der Waals surface area contributed by atoms with Crippen molar-refractivity contribution in [1.29, 1.82) is 0 Å². The zero-order valence-electron chi connectivity index (χ0n) is 14.8. The highest BCUT2D eigenvalue weighted by Crippen LogP contribution is 2.19. The maximum Gasteiger partial charge on any atom is 0.151 e. The van der Waals surface area contributed by atoms with E-state index in [-0.39, 0.29) is 0 Å². The number of fused-ring (bicyclic) bond motifs is 1. The average molecular weight is 345 g/mol. The van der Waals surface area contributed by atoms with Crippen molar-refractivity contribution < 1.29 is 4.52 Å². The van der Waals surface area contributed by atoms with E-state index in [0.29, 0.717) is 13.1 Å². The Kier molecular flexibility index (Phi) is 4.41. The molecule has 0 fully saturated rings. The number of rotatable bonds is 5. The molecule has 130 valence electrons.